The first kappa shape index (κ1) is 11.0. The van der Waals surface area contributed by atoms with Crippen molar-refractivity contribution in [2.45, 2.75) is 38.6 Å². The first-order valence-electron chi connectivity index (χ1n) is 6.43. The summed E-state index contributed by atoms with van der Waals surface area (Å²) in [5.41, 5.74) is 1.11. The quantitative estimate of drug-likeness (QED) is 0.855. The largest absolute Gasteiger partial charge is 0.359 e. The second-order valence-electron chi connectivity index (χ2n) is 5.10. The van der Waals surface area contributed by atoms with Crippen LogP contribution in [0.15, 0.2) is 24.3 Å². The minimum absolute atomic E-state index is 0.624. The Hall–Kier alpha value is -1.09. The van der Waals surface area contributed by atoms with Crippen LogP contribution in [0.25, 0.3) is 10.2 Å². The Morgan fingerprint density at radius 3 is 3.00 bits per heavy atom. The number of para-hydroxylation sites is 1. The topological polar surface area (TPSA) is 24.9 Å². The van der Waals surface area contributed by atoms with E-state index in [9.17, 15) is 0 Å². The van der Waals surface area contributed by atoms with Crippen LogP contribution in [-0.4, -0.2) is 11.0 Å². The zero-order valence-electron chi connectivity index (χ0n) is 10.1. The predicted octanol–water partition coefficient (Wildman–Crippen LogP) is 4.29. The number of hydrogen-bond acceptors (Lipinski definition) is 3. The van der Waals surface area contributed by atoms with Crippen molar-refractivity contribution < 1.29 is 0 Å². The maximum absolute atomic E-state index is 4.64. The molecule has 1 N–H and O–H groups in total. The molecule has 0 amide bonds. The third-order valence-corrected chi connectivity index (χ3v) is 4.53. The Bertz CT molecular complexity index is 473. The first-order chi connectivity index (χ1) is 8.31. The molecule has 0 spiro atoms. The predicted molar refractivity (Wildman–Crippen MR) is 74.7 cm³/mol. The van der Waals surface area contributed by atoms with Gasteiger partial charge in [0.2, 0.25) is 0 Å². The van der Waals surface area contributed by atoms with E-state index in [0.29, 0.717) is 6.04 Å². The molecule has 3 heteroatoms. The zero-order valence-corrected chi connectivity index (χ0v) is 11.0. The van der Waals surface area contributed by atoms with Gasteiger partial charge < -0.3 is 5.32 Å². The van der Waals surface area contributed by atoms with E-state index < -0.39 is 0 Å². The molecule has 17 heavy (non-hydrogen) atoms. The summed E-state index contributed by atoms with van der Waals surface area (Å²) in [6, 6.07) is 8.98. The molecular formula is C14H18N2S. The number of nitrogens with zero attached hydrogens (tertiary/aromatic N) is 1. The molecule has 2 aromatic rings. The van der Waals surface area contributed by atoms with Gasteiger partial charge in [0.25, 0.3) is 0 Å². The zero-order chi connectivity index (χ0) is 11.7. The average Bonchev–Trinajstić information content (AvgIpc) is 2.71. The highest BCUT2D eigenvalue weighted by Crippen LogP contribution is 2.30. The lowest BCUT2D eigenvalue weighted by atomic mass is 9.87. The van der Waals surface area contributed by atoms with Crippen LogP contribution in [0.2, 0.25) is 0 Å². The van der Waals surface area contributed by atoms with Crippen LogP contribution in [-0.2, 0) is 0 Å². The Kier molecular flexibility index (Phi) is 3.02. The van der Waals surface area contributed by atoms with Crippen molar-refractivity contribution in [1.29, 1.82) is 0 Å². The molecule has 2 atom stereocenters. The van der Waals surface area contributed by atoms with Crippen LogP contribution in [0.1, 0.15) is 32.6 Å². The van der Waals surface area contributed by atoms with Crippen molar-refractivity contribution in [3.05, 3.63) is 24.3 Å². The van der Waals surface area contributed by atoms with Crippen molar-refractivity contribution in [3.63, 3.8) is 0 Å². The van der Waals surface area contributed by atoms with Gasteiger partial charge in [-0.2, -0.15) is 0 Å². The SMILES string of the molecule is CC1CCCC(Nc2nc3ccccc3s2)C1. The van der Waals surface area contributed by atoms with Gasteiger partial charge in [0.1, 0.15) is 0 Å². The lowest BCUT2D eigenvalue weighted by Crippen LogP contribution is -2.25. The van der Waals surface area contributed by atoms with Crippen LogP contribution in [0.4, 0.5) is 5.13 Å². The number of aromatic nitrogens is 1. The van der Waals surface area contributed by atoms with Crippen molar-refractivity contribution in [1.82, 2.24) is 4.98 Å². The summed E-state index contributed by atoms with van der Waals surface area (Å²) in [5, 5.41) is 4.70. The number of thiazole rings is 1. The molecular weight excluding hydrogens is 228 g/mol. The number of benzene rings is 1. The Morgan fingerprint density at radius 1 is 1.29 bits per heavy atom. The van der Waals surface area contributed by atoms with Crippen LogP contribution in [0, 0.1) is 5.92 Å². The summed E-state index contributed by atoms with van der Waals surface area (Å²) < 4.78 is 1.28. The number of anilines is 1. The Balaban J connectivity index is 1.75. The van der Waals surface area contributed by atoms with E-state index in [-0.39, 0.29) is 0 Å². The van der Waals surface area contributed by atoms with Gasteiger partial charge in [-0.1, -0.05) is 43.2 Å². The highest BCUT2D eigenvalue weighted by Gasteiger charge is 2.19. The van der Waals surface area contributed by atoms with Gasteiger partial charge in [0.15, 0.2) is 5.13 Å². The Labute approximate surface area is 106 Å². The second-order valence-corrected chi connectivity index (χ2v) is 6.13. The molecule has 1 saturated carbocycles. The van der Waals surface area contributed by atoms with Crippen LogP contribution >= 0.6 is 11.3 Å². The summed E-state index contributed by atoms with van der Waals surface area (Å²) in [6.45, 7) is 2.35. The van der Waals surface area contributed by atoms with Crippen molar-refractivity contribution in [2.75, 3.05) is 5.32 Å². The van der Waals surface area contributed by atoms with E-state index in [2.05, 4.69) is 41.5 Å². The molecule has 1 fully saturated rings. The fourth-order valence-corrected chi connectivity index (χ4v) is 3.62. The number of hydrogen-bond donors (Lipinski definition) is 1. The molecule has 2 unspecified atom stereocenters. The van der Waals surface area contributed by atoms with E-state index in [0.717, 1.165) is 16.6 Å². The lowest BCUT2D eigenvalue weighted by molar-refractivity contribution is 0.358. The summed E-state index contributed by atoms with van der Waals surface area (Å²) in [4.78, 5) is 4.64. The van der Waals surface area contributed by atoms with E-state index in [1.54, 1.807) is 11.3 Å². The van der Waals surface area contributed by atoms with E-state index in [1.165, 1.54) is 30.4 Å². The highest BCUT2D eigenvalue weighted by atomic mass is 32.1. The fourth-order valence-electron chi connectivity index (χ4n) is 2.67. The number of nitrogens with one attached hydrogen (secondary N) is 1. The smallest absolute Gasteiger partial charge is 0.184 e. The van der Waals surface area contributed by atoms with E-state index in [4.69, 9.17) is 0 Å². The van der Waals surface area contributed by atoms with Gasteiger partial charge in [0.05, 0.1) is 10.2 Å². The van der Waals surface area contributed by atoms with Gasteiger partial charge in [0, 0.05) is 6.04 Å². The second kappa shape index (κ2) is 4.65. The number of rotatable bonds is 2. The fraction of sp³-hybridized carbons (Fsp3) is 0.500. The molecule has 0 radical (unpaired) electrons. The van der Waals surface area contributed by atoms with Gasteiger partial charge in [-0.25, -0.2) is 4.98 Å². The van der Waals surface area contributed by atoms with Gasteiger partial charge >= 0.3 is 0 Å². The maximum Gasteiger partial charge on any atom is 0.184 e. The minimum atomic E-state index is 0.624. The standard InChI is InChI=1S/C14H18N2S/c1-10-5-4-6-11(9-10)15-14-16-12-7-2-3-8-13(12)17-14/h2-3,7-8,10-11H,4-6,9H2,1H3,(H,15,16). The lowest BCUT2D eigenvalue weighted by Gasteiger charge is -2.27. The molecule has 0 saturated heterocycles. The third kappa shape index (κ3) is 2.44. The van der Waals surface area contributed by atoms with Crippen molar-refractivity contribution in [3.8, 4) is 0 Å². The van der Waals surface area contributed by atoms with Gasteiger partial charge in [-0.15, -0.1) is 0 Å². The maximum atomic E-state index is 4.64. The highest BCUT2D eigenvalue weighted by molar-refractivity contribution is 7.22. The molecule has 1 aliphatic carbocycles. The minimum Gasteiger partial charge on any atom is -0.359 e. The normalized spacial score (nSPS) is 25.0. The van der Waals surface area contributed by atoms with Crippen molar-refractivity contribution >= 4 is 26.7 Å². The average molecular weight is 246 g/mol. The number of fused-ring (bicyclic) bond motifs is 1. The summed E-state index contributed by atoms with van der Waals surface area (Å²) >= 11 is 1.77. The molecule has 90 valence electrons. The van der Waals surface area contributed by atoms with E-state index >= 15 is 0 Å². The third-order valence-electron chi connectivity index (χ3n) is 3.56. The van der Waals surface area contributed by atoms with Gasteiger partial charge in [-0.05, 0) is 30.9 Å². The molecule has 0 aliphatic heterocycles. The molecule has 3 rings (SSSR count). The summed E-state index contributed by atoms with van der Waals surface area (Å²) in [6.07, 6.45) is 5.32. The van der Waals surface area contributed by atoms with Crippen molar-refractivity contribution in [2.24, 2.45) is 5.92 Å². The van der Waals surface area contributed by atoms with Crippen LogP contribution < -0.4 is 5.32 Å². The molecule has 1 aromatic heterocycles. The van der Waals surface area contributed by atoms with Crippen LogP contribution in [0.3, 0.4) is 0 Å². The first-order valence-corrected chi connectivity index (χ1v) is 7.25. The monoisotopic (exact) mass is 246 g/mol. The van der Waals surface area contributed by atoms with E-state index in [1.807, 2.05) is 0 Å². The Morgan fingerprint density at radius 2 is 2.18 bits per heavy atom. The molecule has 1 aromatic carbocycles. The molecule has 1 aliphatic rings. The van der Waals surface area contributed by atoms with Gasteiger partial charge in [-0.3, -0.25) is 0 Å². The summed E-state index contributed by atoms with van der Waals surface area (Å²) in [7, 11) is 0. The molecule has 2 nitrogen and oxygen atoms in total. The molecule has 0 bridgehead atoms. The summed E-state index contributed by atoms with van der Waals surface area (Å²) in [5.74, 6) is 0.857. The van der Waals surface area contributed by atoms with Crippen LogP contribution in [0.5, 0.6) is 0 Å². The molecule has 1 heterocycles.